The highest BCUT2D eigenvalue weighted by atomic mass is 127. The van der Waals surface area contributed by atoms with Crippen LogP contribution in [0.3, 0.4) is 0 Å². The smallest absolute Gasteiger partial charge is 0.140 e. The molecule has 0 saturated carbocycles. The van der Waals surface area contributed by atoms with Crippen LogP contribution in [-0.4, -0.2) is 9.97 Å². The standard InChI is InChI=1S/C13H9ClIN3/c14-9-2-1-3-11-12(9)18-13(17-11)8-6-7(15)4-5-10(8)16/h1-6H,16H2,(H,17,18). The van der Waals surface area contributed by atoms with Crippen molar-refractivity contribution in [1.29, 1.82) is 0 Å². The summed E-state index contributed by atoms with van der Waals surface area (Å²) < 4.78 is 1.11. The Morgan fingerprint density at radius 1 is 1.22 bits per heavy atom. The summed E-state index contributed by atoms with van der Waals surface area (Å²) in [7, 11) is 0. The maximum Gasteiger partial charge on any atom is 0.140 e. The number of halogens is 2. The number of benzene rings is 2. The number of para-hydroxylation sites is 1. The van der Waals surface area contributed by atoms with Crippen LogP contribution in [0.4, 0.5) is 5.69 Å². The fourth-order valence-corrected chi connectivity index (χ4v) is 2.57. The predicted octanol–water partition coefficient (Wildman–Crippen LogP) is 4.07. The van der Waals surface area contributed by atoms with E-state index in [-0.39, 0.29) is 0 Å². The van der Waals surface area contributed by atoms with Crippen LogP contribution < -0.4 is 5.73 Å². The minimum atomic E-state index is 0.638. The maximum atomic E-state index is 6.11. The van der Waals surface area contributed by atoms with Crippen molar-refractivity contribution in [1.82, 2.24) is 9.97 Å². The number of rotatable bonds is 1. The molecule has 3 N–H and O–H groups in total. The molecular weight excluding hydrogens is 361 g/mol. The molecule has 3 aromatic rings. The Kier molecular flexibility index (Phi) is 2.91. The van der Waals surface area contributed by atoms with E-state index in [4.69, 9.17) is 17.3 Å². The van der Waals surface area contributed by atoms with E-state index in [0.29, 0.717) is 10.7 Å². The molecule has 0 unspecified atom stereocenters. The van der Waals surface area contributed by atoms with Crippen molar-refractivity contribution >= 4 is 50.9 Å². The van der Waals surface area contributed by atoms with Crippen LogP contribution in [0.2, 0.25) is 5.02 Å². The third-order valence-electron chi connectivity index (χ3n) is 2.73. The molecule has 3 rings (SSSR count). The number of nitrogen functional groups attached to an aromatic ring is 1. The molecule has 1 heterocycles. The van der Waals surface area contributed by atoms with Gasteiger partial charge in [0.25, 0.3) is 0 Å². The molecule has 0 fully saturated rings. The zero-order valence-electron chi connectivity index (χ0n) is 9.24. The summed E-state index contributed by atoms with van der Waals surface area (Å²) in [4.78, 5) is 7.76. The molecule has 0 aliphatic carbocycles. The molecule has 0 spiro atoms. The molecule has 0 amide bonds. The number of nitrogens with two attached hydrogens (primary N) is 1. The molecular formula is C13H9ClIN3. The van der Waals surface area contributed by atoms with E-state index < -0.39 is 0 Å². The zero-order valence-corrected chi connectivity index (χ0v) is 12.2. The average Bonchev–Trinajstić information content (AvgIpc) is 2.77. The summed E-state index contributed by atoms with van der Waals surface area (Å²) in [5.41, 5.74) is 9.27. The van der Waals surface area contributed by atoms with Crippen molar-refractivity contribution in [2.45, 2.75) is 0 Å². The molecule has 5 heteroatoms. The topological polar surface area (TPSA) is 54.7 Å². The first-order valence-electron chi connectivity index (χ1n) is 5.35. The molecule has 0 aliphatic heterocycles. The van der Waals surface area contributed by atoms with E-state index in [1.54, 1.807) is 0 Å². The fourth-order valence-electron chi connectivity index (χ4n) is 1.86. The van der Waals surface area contributed by atoms with Crippen molar-refractivity contribution in [3.63, 3.8) is 0 Å². The summed E-state index contributed by atoms with van der Waals surface area (Å²) in [6.07, 6.45) is 0. The van der Waals surface area contributed by atoms with E-state index in [1.807, 2.05) is 36.4 Å². The summed E-state index contributed by atoms with van der Waals surface area (Å²) in [5.74, 6) is 0.745. The van der Waals surface area contributed by atoms with Gasteiger partial charge in [-0.15, -0.1) is 0 Å². The largest absolute Gasteiger partial charge is 0.398 e. The van der Waals surface area contributed by atoms with Gasteiger partial charge in [0.2, 0.25) is 0 Å². The maximum absolute atomic E-state index is 6.11. The van der Waals surface area contributed by atoms with Gasteiger partial charge in [0, 0.05) is 14.8 Å². The normalized spacial score (nSPS) is 11.0. The quantitative estimate of drug-likeness (QED) is 0.502. The van der Waals surface area contributed by atoms with E-state index >= 15 is 0 Å². The summed E-state index contributed by atoms with van der Waals surface area (Å²) in [5, 5.41) is 0.638. The first-order valence-corrected chi connectivity index (χ1v) is 6.80. The monoisotopic (exact) mass is 369 g/mol. The number of anilines is 1. The Hall–Kier alpha value is -1.27. The third kappa shape index (κ3) is 1.95. The van der Waals surface area contributed by atoms with Gasteiger partial charge >= 0.3 is 0 Å². The Balaban J connectivity index is 2.26. The molecule has 1 aromatic heterocycles. The van der Waals surface area contributed by atoms with Crippen LogP contribution in [0.5, 0.6) is 0 Å². The molecule has 0 aliphatic rings. The van der Waals surface area contributed by atoms with E-state index in [1.165, 1.54) is 0 Å². The number of aromatic nitrogens is 2. The van der Waals surface area contributed by atoms with Crippen LogP contribution >= 0.6 is 34.2 Å². The van der Waals surface area contributed by atoms with Crippen LogP contribution in [0.1, 0.15) is 0 Å². The number of hydrogen-bond donors (Lipinski definition) is 2. The Labute approximate surface area is 123 Å². The van der Waals surface area contributed by atoms with Crippen molar-refractivity contribution in [2.24, 2.45) is 0 Å². The van der Waals surface area contributed by atoms with Gasteiger partial charge in [-0.1, -0.05) is 17.7 Å². The van der Waals surface area contributed by atoms with Crippen LogP contribution in [0, 0.1) is 3.57 Å². The number of fused-ring (bicyclic) bond motifs is 1. The second kappa shape index (κ2) is 4.44. The Morgan fingerprint density at radius 2 is 2.06 bits per heavy atom. The number of nitrogens with zero attached hydrogens (tertiary/aromatic N) is 1. The number of aromatic amines is 1. The van der Waals surface area contributed by atoms with Crippen molar-refractivity contribution < 1.29 is 0 Å². The van der Waals surface area contributed by atoms with Crippen LogP contribution in [-0.2, 0) is 0 Å². The van der Waals surface area contributed by atoms with Gasteiger partial charge in [0.1, 0.15) is 11.3 Å². The highest BCUT2D eigenvalue weighted by molar-refractivity contribution is 14.1. The molecule has 0 bridgehead atoms. The number of hydrogen-bond acceptors (Lipinski definition) is 2. The van der Waals surface area contributed by atoms with Gasteiger partial charge in [-0.25, -0.2) is 4.98 Å². The van der Waals surface area contributed by atoms with E-state index in [9.17, 15) is 0 Å². The number of nitrogens with one attached hydrogen (secondary N) is 1. The lowest BCUT2D eigenvalue weighted by Gasteiger charge is -2.02. The third-order valence-corrected chi connectivity index (χ3v) is 3.71. The highest BCUT2D eigenvalue weighted by Crippen LogP contribution is 2.29. The SMILES string of the molecule is Nc1ccc(I)cc1-c1nc2c(Cl)cccc2[nH]1. The lowest BCUT2D eigenvalue weighted by Crippen LogP contribution is -1.91. The van der Waals surface area contributed by atoms with E-state index in [2.05, 4.69) is 32.6 Å². The second-order valence-electron chi connectivity index (χ2n) is 3.95. The first-order chi connectivity index (χ1) is 8.65. The lowest BCUT2D eigenvalue weighted by atomic mass is 10.2. The fraction of sp³-hybridized carbons (Fsp3) is 0. The van der Waals surface area contributed by atoms with Crippen molar-refractivity contribution in [3.8, 4) is 11.4 Å². The average molecular weight is 370 g/mol. The molecule has 0 radical (unpaired) electrons. The number of H-pyrrole nitrogens is 1. The summed E-state index contributed by atoms with van der Waals surface area (Å²) >= 11 is 8.36. The first kappa shape index (κ1) is 11.8. The van der Waals surface area contributed by atoms with Crippen LogP contribution in [0.15, 0.2) is 36.4 Å². The van der Waals surface area contributed by atoms with Gasteiger partial charge < -0.3 is 10.7 Å². The molecule has 0 atom stereocenters. The van der Waals surface area contributed by atoms with Gasteiger partial charge in [0.05, 0.1) is 10.5 Å². The van der Waals surface area contributed by atoms with Crippen LogP contribution in [0.25, 0.3) is 22.4 Å². The van der Waals surface area contributed by atoms with Gasteiger partial charge in [-0.05, 0) is 52.9 Å². The van der Waals surface area contributed by atoms with Gasteiger partial charge in [-0.3, -0.25) is 0 Å². The highest BCUT2D eigenvalue weighted by Gasteiger charge is 2.10. The van der Waals surface area contributed by atoms with Crippen molar-refractivity contribution in [3.05, 3.63) is 45.0 Å². The molecule has 2 aromatic carbocycles. The Morgan fingerprint density at radius 3 is 2.83 bits per heavy atom. The summed E-state index contributed by atoms with van der Waals surface area (Å²) in [6, 6.07) is 11.5. The minimum absolute atomic E-state index is 0.638. The second-order valence-corrected chi connectivity index (χ2v) is 5.61. The molecule has 90 valence electrons. The zero-order chi connectivity index (χ0) is 12.7. The van der Waals surface area contributed by atoms with E-state index in [0.717, 1.165) is 26.0 Å². The minimum Gasteiger partial charge on any atom is -0.398 e. The van der Waals surface area contributed by atoms with Crippen molar-refractivity contribution in [2.75, 3.05) is 5.73 Å². The molecule has 18 heavy (non-hydrogen) atoms. The lowest BCUT2D eigenvalue weighted by molar-refractivity contribution is 1.33. The molecule has 3 nitrogen and oxygen atoms in total. The van der Waals surface area contributed by atoms with Gasteiger partial charge in [0.15, 0.2) is 0 Å². The predicted molar refractivity (Wildman–Crippen MR) is 83.7 cm³/mol. The van der Waals surface area contributed by atoms with Gasteiger partial charge in [-0.2, -0.15) is 0 Å². The Bertz CT molecular complexity index is 736. The molecule has 0 saturated heterocycles. The number of imidazole rings is 1. The summed E-state index contributed by atoms with van der Waals surface area (Å²) in [6.45, 7) is 0.